The number of nitrogens with zero attached hydrogens (tertiary/aromatic N) is 2. The van der Waals surface area contributed by atoms with Crippen molar-refractivity contribution in [3.8, 4) is 0 Å². The molecule has 0 aliphatic carbocycles. The molecule has 7 nitrogen and oxygen atoms in total. The standard InChI is InChI=1S/C17H27N3O4S/c1-19(2)14-8-6-13(7-9-14)17-16(12-24-20(17)3)25(21,22)18-11-15-5-4-10-23-15/h6-9,15-18H,4-5,10-12H2,1-3H3/t15-,16-,17+/m0/s1. The van der Waals surface area contributed by atoms with E-state index in [1.807, 2.05) is 43.3 Å². The van der Waals surface area contributed by atoms with Crippen LogP contribution in [0.15, 0.2) is 24.3 Å². The fraction of sp³-hybridized carbons (Fsp3) is 0.647. The first-order valence-electron chi connectivity index (χ1n) is 8.61. The van der Waals surface area contributed by atoms with E-state index in [0.29, 0.717) is 13.2 Å². The molecule has 0 bridgehead atoms. The Morgan fingerprint density at radius 1 is 1.28 bits per heavy atom. The van der Waals surface area contributed by atoms with Crippen LogP contribution in [-0.4, -0.2) is 65.7 Å². The van der Waals surface area contributed by atoms with Crippen molar-refractivity contribution < 1.29 is 18.0 Å². The summed E-state index contributed by atoms with van der Waals surface area (Å²) < 4.78 is 33.9. The molecule has 25 heavy (non-hydrogen) atoms. The highest BCUT2D eigenvalue weighted by Crippen LogP contribution is 2.34. The van der Waals surface area contributed by atoms with E-state index in [9.17, 15) is 8.42 Å². The van der Waals surface area contributed by atoms with Gasteiger partial charge in [0.1, 0.15) is 5.25 Å². The van der Waals surface area contributed by atoms with Gasteiger partial charge in [-0.25, -0.2) is 13.1 Å². The molecule has 3 rings (SSSR count). The molecule has 2 aliphatic heterocycles. The molecule has 140 valence electrons. The summed E-state index contributed by atoms with van der Waals surface area (Å²) in [6, 6.07) is 7.58. The molecule has 8 heteroatoms. The average molecular weight is 369 g/mol. The first-order chi connectivity index (χ1) is 11.9. The number of sulfonamides is 1. The van der Waals surface area contributed by atoms with E-state index in [4.69, 9.17) is 9.57 Å². The molecule has 1 aromatic carbocycles. The predicted molar refractivity (Wildman–Crippen MR) is 96.9 cm³/mol. The summed E-state index contributed by atoms with van der Waals surface area (Å²) in [5.41, 5.74) is 2.00. The maximum Gasteiger partial charge on any atom is 0.218 e. The summed E-state index contributed by atoms with van der Waals surface area (Å²) in [4.78, 5) is 7.55. The molecular formula is C17H27N3O4S. The molecular weight excluding hydrogens is 342 g/mol. The van der Waals surface area contributed by atoms with Gasteiger partial charge in [-0.15, -0.1) is 0 Å². The predicted octanol–water partition coefficient (Wildman–Crippen LogP) is 1.14. The Kier molecular flexibility index (Phi) is 5.65. The van der Waals surface area contributed by atoms with Gasteiger partial charge in [0.05, 0.1) is 18.8 Å². The highest BCUT2D eigenvalue weighted by atomic mass is 32.2. The van der Waals surface area contributed by atoms with Crippen molar-refractivity contribution >= 4 is 15.7 Å². The summed E-state index contributed by atoms with van der Waals surface area (Å²) in [5, 5.41) is 0.991. The Bertz CT molecular complexity index is 672. The fourth-order valence-corrected chi connectivity index (χ4v) is 4.91. The third-order valence-electron chi connectivity index (χ3n) is 4.87. The number of benzene rings is 1. The monoisotopic (exact) mass is 369 g/mol. The van der Waals surface area contributed by atoms with E-state index >= 15 is 0 Å². The zero-order valence-electron chi connectivity index (χ0n) is 15.0. The second-order valence-electron chi connectivity index (χ2n) is 6.84. The minimum atomic E-state index is -3.51. The molecule has 2 heterocycles. The second-order valence-corrected chi connectivity index (χ2v) is 8.82. The summed E-state index contributed by atoms with van der Waals surface area (Å²) >= 11 is 0. The Hall–Kier alpha value is -1.19. The summed E-state index contributed by atoms with van der Waals surface area (Å²) in [6.45, 7) is 1.19. The van der Waals surface area contributed by atoms with E-state index in [0.717, 1.165) is 24.1 Å². The lowest BCUT2D eigenvalue weighted by atomic mass is 10.0. The van der Waals surface area contributed by atoms with Crippen LogP contribution < -0.4 is 9.62 Å². The van der Waals surface area contributed by atoms with Gasteiger partial charge in [0.2, 0.25) is 10.0 Å². The largest absolute Gasteiger partial charge is 0.378 e. The van der Waals surface area contributed by atoms with Crippen LogP contribution in [0.5, 0.6) is 0 Å². The van der Waals surface area contributed by atoms with Gasteiger partial charge in [0.25, 0.3) is 0 Å². The zero-order valence-corrected chi connectivity index (χ0v) is 15.8. The molecule has 0 aromatic heterocycles. The van der Waals surface area contributed by atoms with Crippen molar-refractivity contribution in [1.29, 1.82) is 0 Å². The Morgan fingerprint density at radius 3 is 2.60 bits per heavy atom. The van der Waals surface area contributed by atoms with Gasteiger partial charge < -0.3 is 9.64 Å². The molecule has 1 aromatic rings. The van der Waals surface area contributed by atoms with Gasteiger partial charge in [-0.05, 0) is 30.5 Å². The van der Waals surface area contributed by atoms with Crippen molar-refractivity contribution in [3.05, 3.63) is 29.8 Å². The minimum absolute atomic E-state index is 0.0207. The number of anilines is 1. The summed E-state index contributed by atoms with van der Waals surface area (Å²) in [7, 11) is 2.22. The zero-order chi connectivity index (χ0) is 18.0. The molecule has 0 unspecified atom stereocenters. The molecule has 0 spiro atoms. The van der Waals surface area contributed by atoms with Crippen molar-refractivity contribution in [2.45, 2.75) is 30.2 Å². The van der Waals surface area contributed by atoms with Gasteiger partial charge in [-0.2, -0.15) is 5.06 Å². The van der Waals surface area contributed by atoms with Crippen LogP contribution in [0.4, 0.5) is 5.69 Å². The van der Waals surface area contributed by atoms with Crippen LogP contribution in [0.25, 0.3) is 0 Å². The van der Waals surface area contributed by atoms with Gasteiger partial charge in [-0.3, -0.25) is 4.84 Å². The molecule has 0 amide bonds. The first kappa shape index (κ1) is 18.6. The number of hydroxylamine groups is 2. The Labute approximate surface area is 149 Å². The Morgan fingerprint density at radius 2 is 2.00 bits per heavy atom. The van der Waals surface area contributed by atoms with Crippen LogP contribution in [-0.2, 0) is 19.6 Å². The van der Waals surface area contributed by atoms with Crippen LogP contribution in [0, 0.1) is 0 Å². The lowest BCUT2D eigenvalue weighted by Gasteiger charge is -2.24. The molecule has 0 saturated carbocycles. The normalized spacial score (nSPS) is 27.7. The highest BCUT2D eigenvalue weighted by Gasteiger charge is 2.43. The topological polar surface area (TPSA) is 71.1 Å². The maximum absolute atomic E-state index is 12.8. The van der Waals surface area contributed by atoms with Gasteiger partial charge in [0, 0.05) is 40.0 Å². The first-order valence-corrected chi connectivity index (χ1v) is 10.2. The number of rotatable bonds is 6. The van der Waals surface area contributed by atoms with Crippen molar-refractivity contribution in [3.63, 3.8) is 0 Å². The second kappa shape index (κ2) is 7.59. The van der Waals surface area contributed by atoms with Crippen LogP contribution in [0.2, 0.25) is 0 Å². The minimum Gasteiger partial charge on any atom is -0.378 e. The number of hydrogen-bond donors (Lipinski definition) is 1. The smallest absolute Gasteiger partial charge is 0.218 e. The van der Waals surface area contributed by atoms with Gasteiger partial charge in [-0.1, -0.05) is 12.1 Å². The SMILES string of the molecule is CN(C)c1ccc([C@@H]2[C@@H](S(=O)(=O)NC[C@@H]3CCCO3)CON2C)cc1. The van der Waals surface area contributed by atoms with Crippen LogP contribution in [0.3, 0.4) is 0 Å². The number of nitrogens with one attached hydrogen (secondary N) is 1. The quantitative estimate of drug-likeness (QED) is 0.811. The van der Waals surface area contributed by atoms with E-state index in [1.165, 1.54) is 0 Å². The third kappa shape index (κ3) is 4.15. The fourth-order valence-electron chi connectivity index (χ4n) is 3.37. The van der Waals surface area contributed by atoms with E-state index in [1.54, 1.807) is 12.1 Å². The van der Waals surface area contributed by atoms with Crippen LogP contribution >= 0.6 is 0 Å². The van der Waals surface area contributed by atoms with Crippen LogP contribution in [0.1, 0.15) is 24.4 Å². The van der Waals surface area contributed by atoms with Crippen molar-refractivity contribution in [2.24, 2.45) is 0 Å². The summed E-state index contributed by atoms with van der Waals surface area (Å²) in [6.07, 6.45) is 1.87. The lowest BCUT2D eigenvalue weighted by molar-refractivity contribution is -0.110. The molecule has 2 saturated heterocycles. The molecule has 2 aliphatic rings. The van der Waals surface area contributed by atoms with E-state index < -0.39 is 15.3 Å². The Balaban J connectivity index is 1.74. The van der Waals surface area contributed by atoms with Gasteiger partial charge >= 0.3 is 0 Å². The summed E-state index contributed by atoms with van der Waals surface area (Å²) in [5.74, 6) is 0. The third-order valence-corrected chi connectivity index (χ3v) is 6.63. The number of ether oxygens (including phenoxy) is 1. The molecule has 2 fully saturated rings. The van der Waals surface area contributed by atoms with Crippen molar-refractivity contribution in [2.75, 3.05) is 45.8 Å². The number of hydrogen-bond acceptors (Lipinski definition) is 6. The average Bonchev–Trinajstić information content (AvgIpc) is 3.23. The van der Waals surface area contributed by atoms with Crippen molar-refractivity contribution in [1.82, 2.24) is 9.79 Å². The van der Waals surface area contributed by atoms with Gasteiger partial charge in [0.15, 0.2) is 0 Å². The lowest BCUT2D eigenvalue weighted by Crippen LogP contribution is -2.42. The molecule has 3 atom stereocenters. The maximum atomic E-state index is 12.8. The molecule has 0 radical (unpaired) electrons. The highest BCUT2D eigenvalue weighted by molar-refractivity contribution is 7.90. The molecule has 1 N–H and O–H groups in total. The van der Waals surface area contributed by atoms with E-state index in [2.05, 4.69) is 4.72 Å². The van der Waals surface area contributed by atoms with E-state index in [-0.39, 0.29) is 18.8 Å².